The van der Waals surface area contributed by atoms with Crippen LogP contribution in [0.5, 0.6) is 5.75 Å². The first-order chi connectivity index (χ1) is 18.1. The highest BCUT2D eigenvalue weighted by atomic mass is 79.9. The van der Waals surface area contributed by atoms with E-state index in [1.807, 2.05) is 69.3 Å². The Hall–Kier alpha value is -3.36. The number of carbonyl (C=O) groups excluding carboxylic acids is 2. The van der Waals surface area contributed by atoms with Crippen molar-refractivity contribution in [3.63, 3.8) is 0 Å². The third-order valence-corrected chi connectivity index (χ3v) is 6.69. The van der Waals surface area contributed by atoms with Gasteiger partial charge in [-0.3, -0.25) is 9.69 Å². The Kier molecular flexibility index (Phi) is 8.74. The minimum atomic E-state index is -0.624. The van der Waals surface area contributed by atoms with Crippen molar-refractivity contribution in [2.24, 2.45) is 0 Å². The molecular weight excluding hydrogens is 546 g/mol. The van der Waals surface area contributed by atoms with Crippen LogP contribution in [0.25, 0.3) is 0 Å². The molecule has 0 spiro atoms. The second-order valence-corrected chi connectivity index (χ2v) is 11.3. The Morgan fingerprint density at radius 2 is 1.79 bits per heavy atom. The molecule has 0 saturated heterocycles. The minimum absolute atomic E-state index is 0.157. The quantitative estimate of drug-likeness (QED) is 0.343. The van der Waals surface area contributed by atoms with E-state index in [1.54, 1.807) is 7.11 Å². The summed E-state index contributed by atoms with van der Waals surface area (Å²) in [5.74, 6) is 0.460. The zero-order valence-electron chi connectivity index (χ0n) is 22.2. The van der Waals surface area contributed by atoms with Crippen LogP contribution in [0.2, 0.25) is 0 Å². The summed E-state index contributed by atoms with van der Waals surface area (Å²) < 4.78 is 11.6. The number of hydrogen-bond donors (Lipinski definition) is 2. The van der Waals surface area contributed by atoms with Gasteiger partial charge in [0.1, 0.15) is 11.4 Å². The number of amides is 2. The Labute approximate surface area is 232 Å². The number of hydrogen-bond acceptors (Lipinski definition) is 5. The maximum absolute atomic E-state index is 13.7. The summed E-state index contributed by atoms with van der Waals surface area (Å²) in [6.07, 6.45) is -0.542. The molecule has 1 heterocycles. The standard InChI is InChI=1S/C30H34BrN3O4/c1-30(2,3)38-29(36)32-16-27(21-11-8-12-24(14-21)37-4)33-28(35)25-15-23(31)13-22-18-34(19-26(22)25)17-20-9-6-5-7-10-20/h5-15,27H,16-19H2,1-4H3,(H,32,36)(H,33,35). The van der Waals surface area contributed by atoms with Crippen molar-refractivity contribution < 1.29 is 19.1 Å². The first-order valence-corrected chi connectivity index (χ1v) is 13.4. The predicted molar refractivity (Wildman–Crippen MR) is 151 cm³/mol. The van der Waals surface area contributed by atoms with Crippen LogP contribution in [-0.2, 0) is 24.4 Å². The molecule has 0 aromatic heterocycles. The molecule has 1 unspecified atom stereocenters. The molecule has 4 rings (SSSR count). The Morgan fingerprint density at radius 1 is 1.03 bits per heavy atom. The number of halogens is 1. The van der Waals surface area contributed by atoms with Gasteiger partial charge in [0.2, 0.25) is 0 Å². The van der Waals surface area contributed by atoms with E-state index in [-0.39, 0.29) is 12.5 Å². The van der Waals surface area contributed by atoms with E-state index in [0.29, 0.717) is 17.9 Å². The molecule has 0 fully saturated rings. The summed E-state index contributed by atoms with van der Waals surface area (Å²) in [5.41, 5.74) is 4.19. The average molecular weight is 581 g/mol. The summed E-state index contributed by atoms with van der Waals surface area (Å²) in [4.78, 5) is 28.4. The Balaban J connectivity index is 1.54. The van der Waals surface area contributed by atoms with Crippen molar-refractivity contribution in [3.05, 3.63) is 99.0 Å². The summed E-state index contributed by atoms with van der Waals surface area (Å²) in [5, 5.41) is 5.93. The molecule has 1 aliphatic heterocycles. The van der Waals surface area contributed by atoms with E-state index in [0.717, 1.165) is 34.3 Å². The lowest BCUT2D eigenvalue weighted by atomic mass is 10.0. The molecule has 0 bridgehead atoms. The van der Waals surface area contributed by atoms with Gasteiger partial charge in [-0.25, -0.2) is 4.79 Å². The molecule has 0 saturated carbocycles. The van der Waals surface area contributed by atoms with Gasteiger partial charge in [0.15, 0.2) is 0 Å². The van der Waals surface area contributed by atoms with E-state index in [1.165, 1.54) is 5.56 Å². The van der Waals surface area contributed by atoms with E-state index < -0.39 is 17.7 Å². The largest absolute Gasteiger partial charge is 0.497 e. The second-order valence-electron chi connectivity index (χ2n) is 10.4. The van der Waals surface area contributed by atoms with Gasteiger partial charge >= 0.3 is 6.09 Å². The van der Waals surface area contributed by atoms with Gasteiger partial charge in [0.25, 0.3) is 5.91 Å². The first-order valence-electron chi connectivity index (χ1n) is 12.6. The maximum atomic E-state index is 13.7. The zero-order chi connectivity index (χ0) is 27.3. The third-order valence-electron chi connectivity index (χ3n) is 6.23. The van der Waals surface area contributed by atoms with Crippen LogP contribution in [0.1, 0.15) is 59.4 Å². The van der Waals surface area contributed by atoms with Crippen LogP contribution in [-0.4, -0.2) is 36.2 Å². The van der Waals surface area contributed by atoms with Crippen LogP contribution in [0, 0.1) is 0 Å². The van der Waals surface area contributed by atoms with Crippen molar-refractivity contribution in [2.75, 3.05) is 13.7 Å². The molecule has 8 heteroatoms. The molecule has 200 valence electrons. The fourth-order valence-electron chi connectivity index (χ4n) is 4.54. The average Bonchev–Trinajstić information content (AvgIpc) is 3.27. The number of ether oxygens (including phenoxy) is 2. The number of benzene rings is 3. The monoisotopic (exact) mass is 579 g/mol. The molecule has 1 atom stereocenters. The highest BCUT2D eigenvalue weighted by Gasteiger charge is 2.27. The van der Waals surface area contributed by atoms with Crippen molar-refractivity contribution in [1.82, 2.24) is 15.5 Å². The van der Waals surface area contributed by atoms with Gasteiger partial charge in [-0.1, -0.05) is 58.4 Å². The summed E-state index contributed by atoms with van der Waals surface area (Å²) >= 11 is 3.59. The van der Waals surface area contributed by atoms with Crippen molar-refractivity contribution >= 4 is 27.9 Å². The zero-order valence-corrected chi connectivity index (χ0v) is 23.8. The van der Waals surface area contributed by atoms with Gasteiger partial charge in [0.05, 0.1) is 13.2 Å². The molecule has 2 amide bonds. The molecule has 38 heavy (non-hydrogen) atoms. The fraction of sp³-hybridized carbons (Fsp3) is 0.333. The lowest BCUT2D eigenvalue weighted by Crippen LogP contribution is -2.40. The van der Waals surface area contributed by atoms with Crippen LogP contribution >= 0.6 is 15.9 Å². The maximum Gasteiger partial charge on any atom is 0.407 e. The SMILES string of the molecule is COc1cccc(C(CNC(=O)OC(C)(C)C)NC(=O)c2cc(Br)cc3c2CN(Cc2ccccc2)C3)c1. The van der Waals surface area contributed by atoms with Gasteiger partial charge in [-0.05, 0) is 67.3 Å². The number of rotatable bonds is 8. The number of nitrogens with zero attached hydrogens (tertiary/aromatic N) is 1. The normalized spacial score (nSPS) is 13.9. The second kappa shape index (κ2) is 12.0. The van der Waals surface area contributed by atoms with Crippen molar-refractivity contribution in [3.8, 4) is 5.75 Å². The van der Waals surface area contributed by atoms with Crippen LogP contribution in [0.3, 0.4) is 0 Å². The summed E-state index contributed by atoms with van der Waals surface area (Å²) in [7, 11) is 1.59. The van der Waals surface area contributed by atoms with E-state index >= 15 is 0 Å². The number of methoxy groups -OCH3 is 1. The van der Waals surface area contributed by atoms with Crippen LogP contribution in [0.15, 0.2) is 71.2 Å². The molecule has 3 aromatic rings. The van der Waals surface area contributed by atoms with Crippen LogP contribution < -0.4 is 15.4 Å². The first kappa shape index (κ1) is 27.7. The number of carbonyl (C=O) groups is 2. The molecule has 2 N–H and O–H groups in total. The summed E-state index contributed by atoms with van der Waals surface area (Å²) in [6.45, 7) is 7.84. The fourth-order valence-corrected chi connectivity index (χ4v) is 5.05. The van der Waals surface area contributed by atoms with Crippen molar-refractivity contribution in [1.29, 1.82) is 0 Å². The molecule has 1 aliphatic rings. The number of fused-ring (bicyclic) bond motifs is 1. The topological polar surface area (TPSA) is 79.9 Å². The smallest absolute Gasteiger partial charge is 0.407 e. The molecule has 3 aromatic carbocycles. The van der Waals surface area contributed by atoms with Gasteiger partial charge in [0, 0.05) is 36.2 Å². The molecule has 0 aliphatic carbocycles. The highest BCUT2D eigenvalue weighted by molar-refractivity contribution is 9.10. The lowest BCUT2D eigenvalue weighted by molar-refractivity contribution is 0.0520. The Bertz CT molecular complexity index is 1290. The van der Waals surface area contributed by atoms with Gasteiger partial charge in [-0.15, -0.1) is 0 Å². The minimum Gasteiger partial charge on any atom is -0.497 e. The number of nitrogens with one attached hydrogen (secondary N) is 2. The van der Waals surface area contributed by atoms with Gasteiger partial charge in [-0.2, -0.15) is 0 Å². The molecule has 0 radical (unpaired) electrons. The third kappa shape index (κ3) is 7.36. The predicted octanol–water partition coefficient (Wildman–Crippen LogP) is 5.97. The van der Waals surface area contributed by atoms with Crippen molar-refractivity contribution in [2.45, 2.75) is 52.0 Å². The van der Waals surface area contributed by atoms with E-state index in [2.05, 4.69) is 49.7 Å². The summed E-state index contributed by atoms with van der Waals surface area (Å²) in [6, 6.07) is 21.2. The molecular formula is C30H34BrN3O4. The van der Waals surface area contributed by atoms with E-state index in [4.69, 9.17) is 9.47 Å². The lowest BCUT2D eigenvalue weighted by Gasteiger charge is -2.23. The van der Waals surface area contributed by atoms with Crippen LogP contribution in [0.4, 0.5) is 4.79 Å². The van der Waals surface area contributed by atoms with Gasteiger partial charge < -0.3 is 20.1 Å². The Morgan fingerprint density at radius 3 is 2.50 bits per heavy atom. The highest BCUT2D eigenvalue weighted by Crippen LogP contribution is 2.31. The molecule has 7 nitrogen and oxygen atoms in total. The van der Waals surface area contributed by atoms with E-state index in [9.17, 15) is 9.59 Å². The number of alkyl carbamates (subject to hydrolysis) is 1.